The van der Waals surface area contributed by atoms with Gasteiger partial charge >= 0.3 is 0 Å². The topological polar surface area (TPSA) is 48.0 Å². The minimum Gasteiger partial charge on any atom is -0.497 e. The highest BCUT2D eigenvalue weighted by atomic mass is 16.5. The minimum atomic E-state index is -0.0406. The number of nitrogens with zero attached hydrogens (tertiary/aromatic N) is 1. The molecule has 130 valence electrons. The van der Waals surface area contributed by atoms with Crippen molar-refractivity contribution in [3.63, 3.8) is 0 Å². The van der Waals surface area contributed by atoms with Crippen LogP contribution in [0.3, 0.4) is 0 Å². The number of carbonyl (C=O) groups is 1. The van der Waals surface area contributed by atoms with Crippen LogP contribution >= 0.6 is 0 Å². The fourth-order valence-corrected chi connectivity index (χ4v) is 3.70. The Kier molecular flexibility index (Phi) is 5.21. The Hall–Kier alpha value is -1.85. The van der Waals surface area contributed by atoms with Crippen LogP contribution in [0.1, 0.15) is 28.8 Å². The molecule has 1 aliphatic carbocycles. The Morgan fingerprint density at radius 1 is 1.46 bits per heavy atom. The second kappa shape index (κ2) is 7.36. The van der Waals surface area contributed by atoms with Gasteiger partial charge in [-0.1, -0.05) is 6.08 Å². The van der Waals surface area contributed by atoms with Crippen molar-refractivity contribution in [2.24, 2.45) is 0 Å². The van der Waals surface area contributed by atoms with Gasteiger partial charge in [-0.25, -0.2) is 0 Å². The highest BCUT2D eigenvalue weighted by molar-refractivity contribution is 5.96. The summed E-state index contributed by atoms with van der Waals surface area (Å²) in [7, 11) is 1.63. The molecule has 1 saturated carbocycles. The van der Waals surface area contributed by atoms with Crippen molar-refractivity contribution in [1.82, 2.24) is 4.90 Å². The van der Waals surface area contributed by atoms with E-state index in [4.69, 9.17) is 14.2 Å². The third-order valence-corrected chi connectivity index (χ3v) is 4.89. The van der Waals surface area contributed by atoms with Gasteiger partial charge in [0.1, 0.15) is 11.9 Å². The Balaban J connectivity index is 1.77. The maximum Gasteiger partial charge on any atom is 0.254 e. The van der Waals surface area contributed by atoms with Crippen molar-refractivity contribution in [2.45, 2.75) is 38.0 Å². The van der Waals surface area contributed by atoms with Crippen LogP contribution in [0.4, 0.5) is 0 Å². The summed E-state index contributed by atoms with van der Waals surface area (Å²) in [6, 6.07) is 5.67. The highest BCUT2D eigenvalue weighted by Crippen LogP contribution is 2.33. The first-order valence-corrected chi connectivity index (χ1v) is 8.45. The van der Waals surface area contributed by atoms with Crippen LogP contribution in [0.25, 0.3) is 0 Å². The zero-order valence-electron chi connectivity index (χ0n) is 14.4. The fourth-order valence-electron chi connectivity index (χ4n) is 3.70. The van der Waals surface area contributed by atoms with Crippen LogP contribution in [0.15, 0.2) is 30.9 Å². The molecule has 0 radical (unpaired) electrons. The number of hydrogen-bond acceptors (Lipinski definition) is 4. The maximum absolute atomic E-state index is 13.1. The van der Waals surface area contributed by atoms with Crippen LogP contribution in [-0.2, 0) is 9.47 Å². The largest absolute Gasteiger partial charge is 0.497 e. The molecule has 0 unspecified atom stereocenters. The number of rotatable bonds is 5. The number of hydrogen-bond donors (Lipinski definition) is 0. The maximum atomic E-state index is 13.1. The molecule has 0 aromatic heterocycles. The Morgan fingerprint density at radius 3 is 3.00 bits per heavy atom. The first-order valence-electron chi connectivity index (χ1n) is 8.45. The number of aryl methyl sites for hydroxylation is 1. The molecule has 1 aromatic rings. The van der Waals surface area contributed by atoms with Gasteiger partial charge < -0.3 is 19.1 Å². The van der Waals surface area contributed by atoms with E-state index >= 15 is 0 Å². The van der Waals surface area contributed by atoms with Gasteiger partial charge in [-0.2, -0.15) is 0 Å². The number of benzene rings is 1. The lowest BCUT2D eigenvalue weighted by Crippen LogP contribution is -2.54. The summed E-state index contributed by atoms with van der Waals surface area (Å²) in [5, 5.41) is 0. The molecule has 0 spiro atoms. The van der Waals surface area contributed by atoms with Crippen LogP contribution in [-0.4, -0.2) is 55.9 Å². The molecule has 5 heteroatoms. The summed E-state index contributed by atoms with van der Waals surface area (Å²) in [5.41, 5.74) is 1.66. The lowest BCUT2D eigenvalue weighted by Gasteiger charge is -2.39. The van der Waals surface area contributed by atoms with Crippen LogP contribution in [0, 0.1) is 6.92 Å². The van der Waals surface area contributed by atoms with Crippen molar-refractivity contribution in [2.75, 3.05) is 26.9 Å². The third-order valence-electron chi connectivity index (χ3n) is 4.89. The zero-order chi connectivity index (χ0) is 17.1. The van der Waals surface area contributed by atoms with Crippen LogP contribution in [0.5, 0.6) is 5.75 Å². The summed E-state index contributed by atoms with van der Waals surface area (Å²) >= 11 is 0. The minimum absolute atomic E-state index is 0.0406. The Labute approximate surface area is 143 Å². The average Bonchev–Trinajstić information content (AvgIpc) is 3.02. The van der Waals surface area contributed by atoms with E-state index in [1.54, 1.807) is 13.2 Å². The van der Waals surface area contributed by atoms with Gasteiger partial charge in [0, 0.05) is 12.1 Å². The molecule has 24 heavy (non-hydrogen) atoms. The Bertz CT molecular complexity index is 615. The number of ether oxygens (including phenoxy) is 3. The molecule has 0 bridgehead atoms. The van der Waals surface area contributed by atoms with Crippen molar-refractivity contribution < 1.29 is 19.0 Å². The summed E-state index contributed by atoms with van der Waals surface area (Å²) in [6.45, 7) is 7.33. The molecule has 5 nitrogen and oxygen atoms in total. The van der Waals surface area contributed by atoms with Gasteiger partial charge in [-0.05, 0) is 43.5 Å². The molecule has 3 rings (SSSR count). The van der Waals surface area contributed by atoms with Gasteiger partial charge in [0.05, 0.1) is 32.5 Å². The second-order valence-corrected chi connectivity index (χ2v) is 6.32. The molecular formula is C19H25NO4. The molecule has 1 heterocycles. The molecular weight excluding hydrogens is 306 g/mol. The third kappa shape index (κ3) is 3.19. The van der Waals surface area contributed by atoms with E-state index in [2.05, 4.69) is 6.58 Å². The molecule has 1 saturated heterocycles. The lowest BCUT2D eigenvalue weighted by molar-refractivity contribution is -0.100. The van der Waals surface area contributed by atoms with E-state index in [0.29, 0.717) is 19.8 Å². The van der Waals surface area contributed by atoms with Gasteiger partial charge in [-0.15, -0.1) is 6.58 Å². The quantitative estimate of drug-likeness (QED) is 0.778. The average molecular weight is 331 g/mol. The number of amides is 1. The van der Waals surface area contributed by atoms with Gasteiger partial charge in [0.2, 0.25) is 0 Å². The van der Waals surface area contributed by atoms with E-state index in [-0.39, 0.29) is 24.2 Å². The molecule has 2 fully saturated rings. The number of methoxy groups -OCH3 is 1. The summed E-state index contributed by atoms with van der Waals surface area (Å²) in [4.78, 5) is 15.0. The molecule has 0 N–H and O–H groups in total. The van der Waals surface area contributed by atoms with Crippen LogP contribution < -0.4 is 4.74 Å². The Morgan fingerprint density at radius 2 is 2.29 bits per heavy atom. The highest BCUT2D eigenvalue weighted by Gasteiger charge is 2.45. The summed E-state index contributed by atoms with van der Waals surface area (Å²) < 4.78 is 17.0. The van der Waals surface area contributed by atoms with E-state index in [0.717, 1.165) is 29.7 Å². The van der Waals surface area contributed by atoms with Crippen LogP contribution in [0.2, 0.25) is 0 Å². The zero-order valence-corrected chi connectivity index (χ0v) is 14.4. The van der Waals surface area contributed by atoms with Gasteiger partial charge in [0.25, 0.3) is 5.91 Å². The van der Waals surface area contributed by atoms with Crippen molar-refractivity contribution in [1.29, 1.82) is 0 Å². The molecule has 1 aliphatic heterocycles. The number of fused-ring (bicyclic) bond motifs is 1. The second-order valence-electron chi connectivity index (χ2n) is 6.32. The van der Waals surface area contributed by atoms with Gasteiger partial charge in [-0.3, -0.25) is 4.79 Å². The van der Waals surface area contributed by atoms with Crippen molar-refractivity contribution >= 4 is 5.91 Å². The number of morpholine rings is 1. The van der Waals surface area contributed by atoms with E-state index in [9.17, 15) is 4.79 Å². The predicted octanol–water partition coefficient (Wildman–Crippen LogP) is 2.58. The van der Waals surface area contributed by atoms with E-state index in [1.165, 1.54) is 0 Å². The van der Waals surface area contributed by atoms with Crippen molar-refractivity contribution in [3.8, 4) is 5.75 Å². The first-order chi connectivity index (χ1) is 11.7. The van der Waals surface area contributed by atoms with Crippen molar-refractivity contribution in [3.05, 3.63) is 42.0 Å². The SMILES string of the molecule is C=CCO[C@@H]1CC[C@@H]2[C@H]1OCCN2C(=O)c1ccc(OC)cc1C. The summed E-state index contributed by atoms with van der Waals surface area (Å²) in [5.74, 6) is 0.834. The number of carbonyl (C=O) groups excluding carboxylic acids is 1. The monoisotopic (exact) mass is 331 g/mol. The molecule has 1 amide bonds. The lowest BCUT2D eigenvalue weighted by atomic mass is 10.0. The standard InChI is InChI=1S/C19H25NO4/c1-4-10-23-17-8-7-16-18(17)24-11-9-20(16)19(21)15-6-5-14(22-3)12-13(15)2/h4-6,12,16-18H,1,7-11H2,2-3H3/t16-,17-,18-/m1/s1. The first kappa shape index (κ1) is 17.0. The summed E-state index contributed by atoms with van der Waals surface area (Å²) in [6.07, 6.45) is 3.57. The normalized spacial score (nSPS) is 26.1. The van der Waals surface area contributed by atoms with E-state index < -0.39 is 0 Å². The molecule has 2 aliphatic rings. The predicted molar refractivity (Wildman–Crippen MR) is 91.5 cm³/mol. The molecule has 1 aromatic carbocycles. The fraction of sp³-hybridized carbons (Fsp3) is 0.526. The van der Waals surface area contributed by atoms with E-state index in [1.807, 2.05) is 30.0 Å². The smallest absolute Gasteiger partial charge is 0.254 e. The van der Waals surface area contributed by atoms with Gasteiger partial charge in [0.15, 0.2) is 0 Å². The molecule has 3 atom stereocenters.